The molecule has 0 atom stereocenters. The second kappa shape index (κ2) is 8.57. The molecule has 2 aromatic heterocycles. The molecule has 0 radical (unpaired) electrons. The van der Waals surface area contributed by atoms with Gasteiger partial charge in [0.2, 0.25) is 0 Å². The monoisotopic (exact) mass is 373 g/mol. The summed E-state index contributed by atoms with van der Waals surface area (Å²) < 4.78 is 1.84. The molecule has 5 nitrogen and oxygen atoms in total. The van der Waals surface area contributed by atoms with Crippen molar-refractivity contribution in [2.45, 2.75) is 26.8 Å². The highest BCUT2D eigenvalue weighted by atomic mass is 35.5. The Hall–Kier alpha value is -1.24. The van der Waals surface area contributed by atoms with Gasteiger partial charge in [0.25, 0.3) is 0 Å². The summed E-state index contributed by atoms with van der Waals surface area (Å²) in [6.45, 7) is 6.20. The van der Waals surface area contributed by atoms with Crippen LogP contribution in [0.1, 0.15) is 22.5 Å². The van der Waals surface area contributed by atoms with Gasteiger partial charge in [-0.25, -0.2) is 9.98 Å². The summed E-state index contributed by atoms with van der Waals surface area (Å²) in [6.07, 6.45) is 2.78. The van der Waals surface area contributed by atoms with E-state index in [1.807, 2.05) is 30.8 Å². The van der Waals surface area contributed by atoms with E-state index in [0.29, 0.717) is 16.7 Å². The number of aryl methyl sites for hydroxylation is 1. The molecule has 0 aliphatic carbocycles. The number of nitrogens with one attached hydrogen (secondary N) is 2. The summed E-state index contributed by atoms with van der Waals surface area (Å²) in [5.41, 5.74) is 0.966. The molecule has 2 rings (SSSR count). The molecule has 23 heavy (non-hydrogen) atoms. The van der Waals surface area contributed by atoms with E-state index in [0.717, 1.165) is 36.2 Å². The zero-order valence-electron chi connectivity index (χ0n) is 13.5. The van der Waals surface area contributed by atoms with Crippen molar-refractivity contribution >= 4 is 40.5 Å². The number of thiazole rings is 1. The third-order valence-electron chi connectivity index (χ3n) is 3.26. The van der Waals surface area contributed by atoms with E-state index in [4.69, 9.17) is 23.2 Å². The second-order valence-corrected chi connectivity index (χ2v) is 7.15. The Morgan fingerprint density at radius 3 is 2.74 bits per heavy atom. The maximum atomic E-state index is 6.07. The lowest BCUT2D eigenvalue weighted by molar-refractivity contribution is 0.778. The Bertz CT molecular complexity index is 677. The highest BCUT2D eigenvalue weighted by Gasteiger charge is 2.08. The molecule has 2 aromatic rings. The van der Waals surface area contributed by atoms with Crippen LogP contribution in [-0.2, 0) is 20.0 Å². The Morgan fingerprint density at radius 1 is 1.39 bits per heavy atom. The van der Waals surface area contributed by atoms with Crippen molar-refractivity contribution < 1.29 is 0 Å². The molecule has 0 saturated heterocycles. The van der Waals surface area contributed by atoms with Crippen LogP contribution < -0.4 is 10.6 Å². The van der Waals surface area contributed by atoms with E-state index in [2.05, 4.69) is 27.5 Å². The van der Waals surface area contributed by atoms with Crippen LogP contribution in [0.3, 0.4) is 0 Å². The summed E-state index contributed by atoms with van der Waals surface area (Å²) >= 11 is 13.8. The predicted molar refractivity (Wildman–Crippen MR) is 98.8 cm³/mol. The van der Waals surface area contributed by atoms with Crippen molar-refractivity contribution in [2.24, 2.45) is 12.0 Å². The first-order valence-electron chi connectivity index (χ1n) is 7.44. The molecule has 8 heteroatoms. The molecule has 0 unspecified atom stereocenters. The highest BCUT2D eigenvalue weighted by Crippen LogP contribution is 2.25. The van der Waals surface area contributed by atoms with Crippen LogP contribution in [0, 0.1) is 6.92 Å². The highest BCUT2D eigenvalue weighted by molar-refractivity contribution is 7.11. The van der Waals surface area contributed by atoms with Crippen LogP contribution in [-0.4, -0.2) is 28.6 Å². The standard InChI is InChI=1S/C15H21Cl2N5S/c1-4-18-15(19-6-5-13-20-8-10(2)23-13)21-9-11-7-12(16)14(17)22(11)3/h7-8H,4-6,9H2,1-3H3,(H2,18,19,21). The summed E-state index contributed by atoms with van der Waals surface area (Å²) in [5.74, 6) is 0.772. The SMILES string of the molecule is CCNC(=NCc1cc(Cl)c(Cl)n1C)NCCc1ncc(C)s1. The lowest BCUT2D eigenvalue weighted by Crippen LogP contribution is -2.38. The molecule has 0 bridgehead atoms. The molecule has 2 heterocycles. The molecule has 0 fully saturated rings. The average Bonchev–Trinajstić information content (AvgIpc) is 3.04. The normalized spacial score (nSPS) is 11.8. The molecule has 0 spiro atoms. The van der Waals surface area contributed by atoms with Crippen LogP contribution in [0.25, 0.3) is 0 Å². The Balaban J connectivity index is 1.92. The average molecular weight is 374 g/mol. The van der Waals surface area contributed by atoms with Crippen molar-refractivity contribution in [3.8, 4) is 0 Å². The van der Waals surface area contributed by atoms with Gasteiger partial charge < -0.3 is 15.2 Å². The molecule has 126 valence electrons. The number of guanidine groups is 1. The molecular weight excluding hydrogens is 353 g/mol. The lowest BCUT2D eigenvalue weighted by Gasteiger charge is -2.11. The Morgan fingerprint density at radius 2 is 2.17 bits per heavy atom. The van der Waals surface area contributed by atoms with Gasteiger partial charge in [-0.1, -0.05) is 23.2 Å². The number of rotatable bonds is 6. The quantitative estimate of drug-likeness (QED) is 0.602. The fraction of sp³-hybridized carbons (Fsp3) is 0.467. The smallest absolute Gasteiger partial charge is 0.191 e. The minimum atomic E-state index is 0.509. The zero-order chi connectivity index (χ0) is 16.8. The fourth-order valence-electron chi connectivity index (χ4n) is 2.05. The molecule has 0 saturated carbocycles. The van der Waals surface area contributed by atoms with E-state index in [1.165, 1.54) is 4.88 Å². The van der Waals surface area contributed by atoms with Gasteiger partial charge in [-0.05, 0) is 19.9 Å². The Labute approximate surface area is 150 Å². The number of nitrogens with zero attached hydrogens (tertiary/aromatic N) is 3. The predicted octanol–water partition coefficient (Wildman–Crippen LogP) is 3.39. The molecular formula is C15H21Cl2N5S. The van der Waals surface area contributed by atoms with Gasteiger partial charge in [0.1, 0.15) is 5.15 Å². The van der Waals surface area contributed by atoms with Crippen molar-refractivity contribution in [3.05, 3.63) is 38.0 Å². The van der Waals surface area contributed by atoms with Crippen LogP contribution in [0.15, 0.2) is 17.3 Å². The van der Waals surface area contributed by atoms with Crippen molar-refractivity contribution in [2.75, 3.05) is 13.1 Å². The topological polar surface area (TPSA) is 54.2 Å². The third-order valence-corrected chi connectivity index (χ3v) is 5.07. The maximum Gasteiger partial charge on any atom is 0.191 e. The first-order chi connectivity index (χ1) is 11.0. The second-order valence-electron chi connectivity index (χ2n) is 5.07. The summed E-state index contributed by atoms with van der Waals surface area (Å²) in [4.78, 5) is 10.2. The van der Waals surface area contributed by atoms with Crippen molar-refractivity contribution in [1.29, 1.82) is 0 Å². The summed E-state index contributed by atoms with van der Waals surface area (Å²) in [7, 11) is 1.88. The molecule has 2 N–H and O–H groups in total. The largest absolute Gasteiger partial charge is 0.357 e. The first-order valence-corrected chi connectivity index (χ1v) is 9.01. The van der Waals surface area contributed by atoms with Crippen LogP contribution in [0.5, 0.6) is 0 Å². The maximum absolute atomic E-state index is 6.07. The van der Waals surface area contributed by atoms with E-state index in [9.17, 15) is 0 Å². The lowest BCUT2D eigenvalue weighted by atomic mass is 10.4. The molecule has 0 aliphatic rings. The van der Waals surface area contributed by atoms with E-state index in [1.54, 1.807) is 11.3 Å². The van der Waals surface area contributed by atoms with Gasteiger partial charge in [0.05, 0.1) is 16.6 Å². The summed E-state index contributed by atoms with van der Waals surface area (Å²) in [5, 5.41) is 8.77. The van der Waals surface area contributed by atoms with E-state index >= 15 is 0 Å². The number of hydrogen-bond acceptors (Lipinski definition) is 3. The summed E-state index contributed by atoms with van der Waals surface area (Å²) in [6, 6.07) is 1.84. The number of halogens is 2. The Kier molecular flexibility index (Phi) is 6.74. The van der Waals surface area contributed by atoms with Gasteiger partial charge >= 0.3 is 0 Å². The molecule has 0 aromatic carbocycles. The molecule has 0 aliphatic heterocycles. The van der Waals surface area contributed by atoms with Gasteiger partial charge in [0, 0.05) is 43.3 Å². The third kappa shape index (κ3) is 5.12. The van der Waals surface area contributed by atoms with Gasteiger partial charge in [-0.3, -0.25) is 0 Å². The van der Waals surface area contributed by atoms with Gasteiger partial charge in [-0.2, -0.15) is 0 Å². The van der Waals surface area contributed by atoms with Crippen molar-refractivity contribution in [1.82, 2.24) is 20.2 Å². The van der Waals surface area contributed by atoms with Gasteiger partial charge in [0.15, 0.2) is 5.96 Å². The van der Waals surface area contributed by atoms with E-state index < -0.39 is 0 Å². The van der Waals surface area contributed by atoms with E-state index in [-0.39, 0.29) is 0 Å². The van der Waals surface area contributed by atoms with Crippen molar-refractivity contribution in [3.63, 3.8) is 0 Å². The fourth-order valence-corrected chi connectivity index (χ4v) is 3.25. The number of aromatic nitrogens is 2. The van der Waals surface area contributed by atoms with Crippen LogP contribution in [0.2, 0.25) is 10.2 Å². The zero-order valence-corrected chi connectivity index (χ0v) is 15.8. The minimum absolute atomic E-state index is 0.509. The number of aliphatic imine (C=N–C) groups is 1. The first kappa shape index (κ1) is 18.1. The number of hydrogen-bond donors (Lipinski definition) is 2. The molecule has 0 amide bonds. The van der Waals surface area contributed by atoms with Crippen LogP contribution in [0.4, 0.5) is 0 Å². The minimum Gasteiger partial charge on any atom is -0.357 e. The van der Waals surface area contributed by atoms with Gasteiger partial charge in [-0.15, -0.1) is 11.3 Å². The van der Waals surface area contributed by atoms with Crippen LogP contribution >= 0.6 is 34.5 Å².